The fourth-order valence-electron chi connectivity index (χ4n) is 5.82. The minimum atomic E-state index is -1.35. The Balaban J connectivity index is 1.98. The van der Waals surface area contributed by atoms with Crippen molar-refractivity contribution in [2.24, 2.45) is 5.41 Å². The Morgan fingerprint density at radius 1 is 0.889 bits per heavy atom. The summed E-state index contributed by atoms with van der Waals surface area (Å²) >= 11 is 12.8. The van der Waals surface area contributed by atoms with E-state index >= 15 is 0 Å². The Labute approximate surface area is 175 Å². The van der Waals surface area contributed by atoms with Crippen molar-refractivity contribution in [1.29, 1.82) is 0 Å². The van der Waals surface area contributed by atoms with E-state index in [0.29, 0.717) is 5.92 Å². The van der Waals surface area contributed by atoms with Gasteiger partial charge in [0, 0.05) is 16.0 Å². The second-order valence-corrected chi connectivity index (χ2v) is 16.1. The molecular weight excluding hydrogens is 387 g/mol. The first-order valence-corrected chi connectivity index (χ1v) is 14.4. The SMILES string of the molecule is CC12CCCCC1(C)C(c1cc(Cl)cc(Cl)c1)c1ccc([Si](C)(C)C)cc12. The molecule has 0 N–H and O–H groups in total. The van der Waals surface area contributed by atoms with Gasteiger partial charge in [0.15, 0.2) is 0 Å². The fourth-order valence-corrected chi connectivity index (χ4v) is 7.53. The predicted molar refractivity (Wildman–Crippen MR) is 122 cm³/mol. The smallest absolute Gasteiger partial charge is 0.0776 e. The van der Waals surface area contributed by atoms with Gasteiger partial charge in [0.05, 0.1) is 8.07 Å². The van der Waals surface area contributed by atoms with Crippen molar-refractivity contribution in [3.8, 4) is 0 Å². The second kappa shape index (κ2) is 6.37. The highest BCUT2D eigenvalue weighted by atomic mass is 35.5. The van der Waals surface area contributed by atoms with Crippen LogP contribution in [0.3, 0.4) is 0 Å². The summed E-state index contributed by atoms with van der Waals surface area (Å²) in [6.45, 7) is 12.4. The van der Waals surface area contributed by atoms with Gasteiger partial charge < -0.3 is 0 Å². The van der Waals surface area contributed by atoms with Crippen molar-refractivity contribution in [1.82, 2.24) is 0 Å². The molecule has 0 saturated heterocycles. The van der Waals surface area contributed by atoms with Crippen LogP contribution in [-0.2, 0) is 5.41 Å². The first-order chi connectivity index (χ1) is 12.6. The third-order valence-corrected chi connectivity index (χ3v) is 10.0. The van der Waals surface area contributed by atoms with Gasteiger partial charge in [0.1, 0.15) is 0 Å². The van der Waals surface area contributed by atoms with E-state index in [1.165, 1.54) is 36.8 Å². The molecule has 2 aliphatic rings. The molecule has 1 fully saturated rings. The molecule has 0 bridgehead atoms. The minimum Gasteiger partial charge on any atom is -0.0843 e. The zero-order valence-corrected chi connectivity index (χ0v) is 19.6. The van der Waals surface area contributed by atoms with Gasteiger partial charge >= 0.3 is 0 Å². The van der Waals surface area contributed by atoms with E-state index in [2.05, 4.69) is 63.8 Å². The molecule has 0 heterocycles. The molecule has 2 aromatic carbocycles. The van der Waals surface area contributed by atoms with E-state index in [1.54, 1.807) is 10.8 Å². The first-order valence-electron chi connectivity index (χ1n) is 10.2. The monoisotopic (exact) mass is 416 g/mol. The van der Waals surface area contributed by atoms with Crippen LogP contribution in [0.4, 0.5) is 0 Å². The lowest BCUT2D eigenvalue weighted by molar-refractivity contribution is 0.0924. The molecule has 3 heteroatoms. The third kappa shape index (κ3) is 2.93. The standard InChI is InChI=1S/C24H30Cl2Si/c1-23-10-6-7-11-24(23,2)22(16-12-17(25)14-18(26)13-16)20-9-8-19(15-21(20)23)27(3,4)5/h8-9,12-15,22H,6-7,10-11H2,1-5H3. The van der Waals surface area contributed by atoms with Crippen LogP contribution in [0.5, 0.6) is 0 Å². The zero-order valence-electron chi connectivity index (χ0n) is 17.1. The molecule has 0 nitrogen and oxygen atoms in total. The van der Waals surface area contributed by atoms with Gasteiger partial charge in [-0.05, 0) is 58.6 Å². The van der Waals surface area contributed by atoms with Crippen LogP contribution in [0, 0.1) is 5.41 Å². The maximum Gasteiger partial charge on any atom is 0.0776 e. The maximum atomic E-state index is 6.42. The highest BCUT2D eigenvalue weighted by Gasteiger charge is 2.58. The molecule has 0 amide bonds. The van der Waals surface area contributed by atoms with Crippen molar-refractivity contribution in [2.75, 3.05) is 0 Å². The number of hydrogen-bond donors (Lipinski definition) is 0. The van der Waals surface area contributed by atoms with Crippen molar-refractivity contribution < 1.29 is 0 Å². The average Bonchev–Trinajstić information content (AvgIpc) is 2.77. The molecule has 1 saturated carbocycles. The molecule has 3 unspecified atom stereocenters. The number of halogens is 2. The van der Waals surface area contributed by atoms with Crippen LogP contribution in [0.1, 0.15) is 62.1 Å². The third-order valence-electron chi connectivity index (χ3n) is 7.56. The summed E-state index contributed by atoms with van der Waals surface area (Å²) in [5.41, 5.74) is 4.80. The lowest BCUT2D eigenvalue weighted by Gasteiger charge is -2.49. The lowest BCUT2D eigenvalue weighted by atomic mass is 9.55. The summed E-state index contributed by atoms with van der Waals surface area (Å²) in [4.78, 5) is 0. The topological polar surface area (TPSA) is 0 Å². The van der Waals surface area contributed by atoms with Gasteiger partial charge in [-0.15, -0.1) is 0 Å². The molecule has 27 heavy (non-hydrogen) atoms. The Hall–Kier alpha value is -0.763. The van der Waals surface area contributed by atoms with E-state index in [4.69, 9.17) is 23.2 Å². The van der Waals surface area contributed by atoms with Crippen LogP contribution >= 0.6 is 23.2 Å². The van der Waals surface area contributed by atoms with Crippen molar-refractivity contribution in [2.45, 2.75) is 70.5 Å². The van der Waals surface area contributed by atoms with E-state index in [-0.39, 0.29) is 10.8 Å². The normalized spacial score (nSPS) is 30.1. The Bertz CT molecular complexity index is 877. The lowest BCUT2D eigenvalue weighted by Crippen LogP contribution is -2.43. The quantitative estimate of drug-likeness (QED) is 0.443. The van der Waals surface area contributed by atoms with E-state index in [1.807, 2.05) is 6.07 Å². The summed E-state index contributed by atoms with van der Waals surface area (Å²) in [5.74, 6) is 0.365. The highest BCUT2D eigenvalue weighted by molar-refractivity contribution is 6.88. The molecule has 0 radical (unpaired) electrons. The molecule has 0 aliphatic heterocycles. The van der Waals surface area contributed by atoms with Crippen LogP contribution < -0.4 is 5.19 Å². The second-order valence-electron chi connectivity index (χ2n) is 10.1. The number of benzene rings is 2. The fraction of sp³-hybridized carbons (Fsp3) is 0.500. The van der Waals surface area contributed by atoms with Gasteiger partial charge in [-0.2, -0.15) is 0 Å². The van der Waals surface area contributed by atoms with Crippen LogP contribution in [0.2, 0.25) is 29.7 Å². The molecule has 3 atom stereocenters. The predicted octanol–water partition coefficient (Wildman–Crippen LogP) is 7.52. The van der Waals surface area contributed by atoms with Crippen LogP contribution in [0.25, 0.3) is 0 Å². The van der Waals surface area contributed by atoms with Crippen molar-refractivity contribution >= 4 is 36.5 Å². The highest BCUT2D eigenvalue weighted by Crippen LogP contribution is 2.66. The molecule has 0 spiro atoms. The minimum absolute atomic E-state index is 0.208. The molecule has 0 aromatic heterocycles. The van der Waals surface area contributed by atoms with Crippen molar-refractivity contribution in [3.63, 3.8) is 0 Å². The van der Waals surface area contributed by atoms with E-state index in [0.717, 1.165) is 10.0 Å². The summed E-state index contributed by atoms with van der Waals surface area (Å²) in [7, 11) is -1.35. The number of fused-ring (bicyclic) bond motifs is 3. The Kier molecular flexibility index (Phi) is 4.61. The number of rotatable bonds is 2. The maximum absolute atomic E-state index is 6.42. The van der Waals surface area contributed by atoms with Crippen LogP contribution in [-0.4, -0.2) is 8.07 Å². The Morgan fingerprint density at radius 2 is 1.52 bits per heavy atom. The molecule has 2 aromatic rings. The Morgan fingerprint density at radius 3 is 2.15 bits per heavy atom. The summed E-state index contributed by atoms with van der Waals surface area (Å²) in [5, 5.41) is 3.05. The number of hydrogen-bond acceptors (Lipinski definition) is 0. The van der Waals surface area contributed by atoms with Gasteiger partial charge in [0.25, 0.3) is 0 Å². The zero-order chi connectivity index (χ0) is 19.6. The van der Waals surface area contributed by atoms with Crippen LogP contribution in [0.15, 0.2) is 36.4 Å². The average molecular weight is 417 g/mol. The van der Waals surface area contributed by atoms with Gasteiger partial charge in [-0.25, -0.2) is 0 Å². The summed E-state index contributed by atoms with van der Waals surface area (Å²) < 4.78 is 0. The summed E-state index contributed by atoms with van der Waals surface area (Å²) in [6.07, 6.45) is 5.17. The van der Waals surface area contributed by atoms with Gasteiger partial charge in [0.2, 0.25) is 0 Å². The molecule has 2 aliphatic carbocycles. The van der Waals surface area contributed by atoms with Gasteiger partial charge in [-0.3, -0.25) is 0 Å². The molecular formula is C24H30Cl2Si. The van der Waals surface area contributed by atoms with Gasteiger partial charge in [-0.1, -0.05) is 92.9 Å². The van der Waals surface area contributed by atoms with E-state index < -0.39 is 8.07 Å². The van der Waals surface area contributed by atoms with Crippen molar-refractivity contribution in [3.05, 3.63) is 63.1 Å². The van der Waals surface area contributed by atoms with E-state index in [9.17, 15) is 0 Å². The largest absolute Gasteiger partial charge is 0.0843 e. The molecule has 4 rings (SSSR count). The first kappa shape index (κ1) is 19.5. The summed E-state index contributed by atoms with van der Waals surface area (Å²) in [6, 6.07) is 13.5. The molecule has 144 valence electrons.